The van der Waals surface area contributed by atoms with E-state index in [1.54, 1.807) is 4.90 Å². The van der Waals surface area contributed by atoms with Crippen molar-refractivity contribution in [2.45, 2.75) is 6.92 Å². The molecule has 3 rings (SSSR count). The third-order valence-electron chi connectivity index (χ3n) is 3.70. The third kappa shape index (κ3) is 3.31. The van der Waals surface area contributed by atoms with Crippen LogP contribution in [0, 0.1) is 27.2 Å². The number of aromatic nitrogens is 2. The summed E-state index contributed by atoms with van der Waals surface area (Å²) >= 11 is 0. The van der Waals surface area contributed by atoms with Gasteiger partial charge in [-0.1, -0.05) is 18.2 Å². The van der Waals surface area contributed by atoms with Crippen LogP contribution in [0.4, 0.5) is 28.7 Å². The highest BCUT2D eigenvalue weighted by Gasteiger charge is 2.19. The molecule has 2 heterocycles. The summed E-state index contributed by atoms with van der Waals surface area (Å²) in [7, 11) is 0. The van der Waals surface area contributed by atoms with E-state index in [1.807, 2.05) is 31.2 Å². The molecule has 0 amide bonds. The summed E-state index contributed by atoms with van der Waals surface area (Å²) in [6, 6.07) is 13.2. The molecule has 0 fully saturated rings. The molecular weight excluding hydrogens is 338 g/mol. The topological polar surface area (TPSA) is 115 Å². The van der Waals surface area contributed by atoms with E-state index in [4.69, 9.17) is 0 Å². The maximum atomic E-state index is 10.9. The van der Waals surface area contributed by atoms with Crippen LogP contribution in [0.2, 0.25) is 0 Å². The molecular formula is C17H13N5O4. The van der Waals surface area contributed by atoms with E-state index in [0.29, 0.717) is 11.6 Å². The molecule has 0 aliphatic carbocycles. The van der Waals surface area contributed by atoms with Crippen LogP contribution in [0.1, 0.15) is 5.56 Å². The van der Waals surface area contributed by atoms with Crippen LogP contribution in [-0.4, -0.2) is 19.8 Å². The maximum absolute atomic E-state index is 10.9. The highest BCUT2D eigenvalue weighted by Crippen LogP contribution is 2.34. The van der Waals surface area contributed by atoms with Crippen molar-refractivity contribution in [1.82, 2.24) is 9.97 Å². The normalized spacial score (nSPS) is 10.3. The summed E-state index contributed by atoms with van der Waals surface area (Å²) in [5.41, 5.74) is 1.42. The molecule has 0 bridgehead atoms. The zero-order chi connectivity index (χ0) is 18.7. The summed E-state index contributed by atoms with van der Waals surface area (Å²) in [6.45, 7) is 1.90. The predicted octanol–water partition coefficient (Wildman–Crippen LogP) is 4.07. The number of nitro groups is 2. The highest BCUT2D eigenvalue weighted by atomic mass is 16.6. The van der Waals surface area contributed by atoms with Crippen LogP contribution in [0.3, 0.4) is 0 Å². The van der Waals surface area contributed by atoms with E-state index in [1.165, 1.54) is 24.3 Å². The monoisotopic (exact) mass is 351 g/mol. The summed E-state index contributed by atoms with van der Waals surface area (Å²) in [5.74, 6) is 0.817. The van der Waals surface area contributed by atoms with Crippen LogP contribution in [0.15, 0.2) is 60.9 Å². The van der Waals surface area contributed by atoms with E-state index in [2.05, 4.69) is 9.97 Å². The molecule has 9 nitrogen and oxygen atoms in total. The lowest BCUT2D eigenvalue weighted by molar-refractivity contribution is -0.385. The minimum absolute atomic E-state index is 0.129. The molecule has 1 aromatic carbocycles. The lowest BCUT2D eigenvalue weighted by Gasteiger charge is -2.24. The van der Waals surface area contributed by atoms with Crippen LogP contribution in [0.5, 0.6) is 0 Å². The van der Waals surface area contributed by atoms with Crippen molar-refractivity contribution >= 4 is 28.7 Å². The van der Waals surface area contributed by atoms with Gasteiger partial charge >= 0.3 is 0 Å². The summed E-state index contributed by atoms with van der Waals surface area (Å²) in [6.07, 6.45) is 2.32. The smallest absolute Gasteiger partial charge is 0.279 e. The zero-order valence-corrected chi connectivity index (χ0v) is 13.6. The number of hydrogen-bond acceptors (Lipinski definition) is 7. The average molecular weight is 351 g/mol. The van der Waals surface area contributed by atoms with Crippen LogP contribution >= 0.6 is 0 Å². The minimum atomic E-state index is -0.529. The molecule has 0 aliphatic rings. The molecule has 26 heavy (non-hydrogen) atoms. The van der Waals surface area contributed by atoms with Gasteiger partial charge in [0.05, 0.1) is 15.5 Å². The fourth-order valence-corrected chi connectivity index (χ4v) is 2.42. The third-order valence-corrected chi connectivity index (χ3v) is 3.70. The first-order chi connectivity index (χ1) is 12.5. The number of pyridine rings is 2. The van der Waals surface area contributed by atoms with Gasteiger partial charge in [-0.3, -0.25) is 25.1 Å². The quantitative estimate of drug-likeness (QED) is 0.502. The summed E-state index contributed by atoms with van der Waals surface area (Å²) < 4.78 is 0. The Morgan fingerprint density at radius 2 is 1.31 bits per heavy atom. The van der Waals surface area contributed by atoms with Crippen molar-refractivity contribution in [1.29, 1.82) is 0 Å². The molecule has 0 saturated heterocycles. The van der Waals surface area contributed by atoms with Crippen molar-refractivity contribution in [2.75, 3.05) is 4.90 Å². The zero-order valence-electron chi connectivity index (χ0n) is 13.6. The Labute approximate surface area is 147 Å². The second-order valence-corrected chi connectivity index (χ2v) is 5.39. The molecule has 9 heteroatoms. The van der Waals surface area contributed by atoms with E-state index in [9.17, 15) is 20.2 Å². The number of hydrogen-bond donors (Lipinski definition) is 0. The Kier molecular flexibility index (Phi) is 4.52. The Morgan fingerprint density at radius 3 is 1.69 bits per heavy atom. The van der Waals surface area contributed by atoms with Gasteiger partial charge in [0.25, 0.3) is 11.4 Å². The van der Waals surface area contributed by atoms with Crippen molar-refractivity contribution in [3.8, 4) is 0 Å². The van der Waals surface area contributed by atoms with Crippen LogP contribution < -0.4 is 4.90 Å². The van der Waals surface area contributed by atoms with Crippen molar-refractivity contribution in [3.05, 3.63) is 86.7 Å². The molecule has 3 aromatic rings. The molecule has 130 valence electrons. The molecule has 0 unspecified atom stereocenters. The predicted molar refractivity (Wildman–Crippen MR) is 94.8 cm³/mol. The second kappa shape index (κ2) is 6.93. The molecule has 0 radical (unpaired) electrons. The Balaban J connectivity index is 2.12. The van der Waals surface area contributed by atoms with E-state index in [-0.39, 0.29) is 11.4 Å². The fourth-order valence-electron chi connectivity index (χ4n) is 2.42. The van der Waals surface area contributed by atoms with Gasteiger partial charge in [-0.15, -0.1) is 0 Å². The first-order valence-electron chi connectivity index (χ1n) is 7.54. The highest BCUT2D eigenvalue weighted by molar-refractivity contribution is 5.74. The Hall–Kier alpha value is -3.88. The van der Waals surface area contributed by atoms with Crippen molar-refractivity contribution in [2.24, 2.45) is 0 Å². The Morgan fingerprint density at radius 1 is 0.808 bits per heavy atom. The number of nitrogens with zero attached hydrogens (tertiary/aromatic N) is 5. The van der Waals surface area contributed by atoms with Gasteiger partial charge in [0.2, 0.25) is 0 Å². The van der Waals surface area contributed by atoms with Gasteiger partial charge in [0, 0.05) is 12.1 Å². The summed E-state index contributed by atoms with van der Waals surface area (Å²) in [5, 5.41) is 21.7. The first-order valence-corrected chi connectivity index (χ1v) is 7.54. The largest absolute Gasteiger partial charge is 0.287 e. The Bertz CT molecular complexity index is 900. The number of rotatable bonds is 5. The lowest BCUT2D eigenvalue weighted by atomic mass is 10.1. The van der Waals surface area contributed by atoms with E-state index in [0.717, 1.165) is 23.6 Å². The second-order valence-electron chi connectivity index (χ2n) is 5.39. The van der Waals surface area contributed by atoms with Crippen LogP contribution in [-0.2, 0) is 0 Å². The first kappa shape index (κ1) is 17.0. The lowest BCUT2D eigenvalue weighted by Crippen LogP contribution is -2.14. The number of aryl methyl sites for hydroxylation is 1. The van der Waals surface area contributed by atoms with Crippen LogP contribution in [0.25, 0.3) is 0 Å². The van der Waals surface area contributed by atoms with Gasteiger partial charge in [0.1, 0.15) is 24.0 Å². The molecule has 0 saturated carbocycles. The van der Waals surface area contributed by atoms with E-state index >= 15 is 0 Å². The molecule has 2 aromatic heterocycles. The van der Waals surface area contributed by atoms with Gasteiger partial charge < -0.3 is 0 Å². The van der Waals surface area contributed by atoms with Gasteiger partial charge in [-0.2, -0.15) is 0 Å². The standard InChI is InChI=1S/C17H13N5O4/c1-12-4-2-3-5-15(12)20(16-8-6-13(10-18-16)21(23)24)17-9-7-14(11-19-17)22(25)26/h2-11H,1H3. The van der Waals surface area contributed by atoms with Crippen molar-refractivity contribution < 1.29 is 9.85 Å². The fraction of sp³-hybridized carbons (Fsp3) is 0.0588. The maximum Gasteiger partial charge on any atom is 0.287 e. The van der Waals surface area contributed by atoms with E-state index < -0.39 is 9.85 Å². The SMILES string of the molecule is Cc1ccccc1N(c1ccc([N+](=O)[O-])cn1)c1ccc([N+](=O)[O-])cn1. The molecule has 0 N–H and O–H groups in total. The molecule has 0 spiro atoms. The minimum Gasteiger partial charge on any atom is -0.279 e. The molecule has 0 aliphatic heterocycles. The van der Waals surface area contributed by atoms with Crippen molar-refractivity contribution in [3.63, 3.8) is 0 Å². The van der Waals surface area contributed by atoms with Gasteiger partial charge in [-0.05, 0) is 30.7 Å². The van der Waals surface area contributed by atoms with Gasteiger partial charge in [-0.25, -0.2) is 9.97 Å². The average Bonchev–Trinajstić information content (AvgIpc) is 2.64. The summed E-state index contributed by atoms with van der Waals surface area (Å²) in [4.78, 5) is 30.7. The number of para-hydroxylation sites is 1. The number of benzene rings is 1. The van der Waals surface area contributed by atoms with Gasteiger partial charge in [0.15, 0.2) is 0 Å². The molecule has 0 atom stereocenters. The number of anilines is 3.